The van der Waals surface area contributed by atoms with Gasteiger partial charge < -0.3 is 4.52 Å². The Bertz CT molecular complexity index is 822. The molecule has 1 aromatic carbocycles. The first-order chi connectivity index (χ1) is 10.2. The number of nitrogens with zero attached hydrogens (tertiary/aromatic N) is 4. The number of hydrogen-bond donors (Lipinski definition) is 0. The zero-order chi connectivity index (χ0) is 14.7. The van der Waals surface area contributed by atoms with Gasteiger partial charge in [-0.15, -0.1) is 0 Å². The number of benzene rings is 1. The van der Waals surface area contributed by atoms with E-state index in [9.17, 15) is 4.39 Å². The molecule has 0 saturated carbocycles. The summed E-state index contributed by atoms with van der Waals surface area (Å²) in [6.45, 7) is 0. The number of halogens is 1. The Kier molecular flexibility index (Phi) is 3.39. The zero-order valence-corrected chi connectivity index (χ0v) is 10.8. The smallest absolute Gasteiger partial charge is 0.258 e. The van der Waals surface area contributed by atoms with Crippen LogP contribution in [0.25, 0.3) is 11.5 Å². The summed E-state index contributed by atoms with van der Waals surface area (Å²) < 4.78 is 18.3. The van der Waals surface area contributed by atoms with Gasteiger partial charge in [0, 0.05) is 18.2 Å². The molecule has 2 aromatic heterocycles. The molecule has 0 N–H and O–H groups in total. The highest BCUT2D eigenvalue weighted by molar-refractivity contribution is 5.54. The molecule has 6 heteroatoms. The van der Waals surface area contributed by atoms with Gasteiger partial charge in [0.25, 0.3) is 5.89 Å². The fraction of sp³-hybridized carbons (Fsp3) is 0.0667. The van der Waals surface area contributed by atoms with Crippen molar-refractivity contribution in [1.29, 1.82) is 5.26 Å². The van der Waals surface area contributed by atoms with Gasteiger partial charge >= 0.3 is 0 Å². The Morgan fingerprint density at radius 2 is 2.14 bits per heavy atom. The molecule has 0 aliphatic carbocycles. The third-order valence-electron chi connectivity index (χ3n) is 2.84. The Hall–Kier alpha value is -3.07. The second-order valence-electron chi connectivity index (χ2n) is 4.36. The topological polar surface area (TPSA) is 75.6 Å². The van der Waals surface area contributed by atoms with E-state index in [1.807, 2.05) is 6.07 Å². The van der Waals surface area contributed by atoms with E-state index in [0.29, 0.717) is 23.7 Å². The Morgan fingerprint density at radius 1 is 1.24 bits per heavy atom. The van der Waals surface area contributed by atoms with Crippen LogP contribution in [0.1, 0.15) is 17.1 Å². The van der Waals surface area contributed by atoms with E-state index in [-0.39, 0.29) is 11.5 Å². The molecule has 3 rings (SSSR count). The van der Waals surface area contributed by atoms with Crippen molar-refractivity contribution < 1.29 is 8.91 Å². The molecular formula is C15H9FN4O. The monoisotopic (exact) mass is 280 g/mol. The first-order valence-electron chi connectivity index (χ1n) is 6.18. The summed E-state index contributed by atoms with van der Waals surface area (Å²) >= 11 is 0. The van der Waals surface area contributed by atoms with Crippen LogP contribution < -0.4 is 0 Å². The minimum atomic E-state index is -0.302. The van der Waals surface area contributed by atoms with Crippen LogP contribution in [-0.4, -0.2) is 15.1 Å². The average Bonchev–Trinajstić information content (AvgIpc) is 2.96. The Balaban J connectivity index is 1.85. The molecule has 0 radical (unpaired) electrons. The quantitative estimate of drug-likeness (QED) is 0.737. The number of rotatable bonds is 3. The average molecular weight is 280 g/mol. The van der Waals surface area contributed by atoms with Gasteiger partial charge in [-0.3, -0.25) is 0 Å². The van der Waals surface area contributed by atoms with Crippen molar-refractivity contribution >= 4 is 0 Å². The van der Waals surface area contributed by atoms with Crippen LogP contribution in [0.5, 0.6) is 0 Å². The van der Waals surface area contributed by atoms with E-state index >= 15 is 0 Å². The van der Waals surface area contributed by atoms with E-state index in [2.05, 4.69) is 15.1 Å². The highest BCUT2D eigenvalue weighted by Gasteiger charge is 2.10. The summed E-state index contributed by atoms with van der Waals surface area (Å²) in [5.41, 5.74) is 1.66. The van der Waals surface area contributed by atoms with Gasteiger partial charge in [-0.05, 0) is 29.8 Å². The van der Waals surface area contributed by atoms with E-state index in [4.69, 9.17) is 9.78 Å². The van der Waals surface area contributed by atoms with Gasteiger partial charge in [0.15, 0.2) is 5.82 Å². The molecule has 0 amide bonds. The summed E-state index contributed by atoms with van der Waals surface area (Å²) in [5.74, 6) is 0.454. The molecule has 0 saturated heterocycles. The van der Waals surface area contributed by atoms with Crippen LogP contribution in [0.4, 0.5) is 4.39 Å². The van der Waals surface area contributed by atoms with Gasteiger partial charge in [-0.25, -0.2) is 9.37 Å². The van der Waals surface area contributed by atoms with Crippen molar-refractivity contribution in [2.24, 2.45) is 0 Å². The SMILES string of the molecule is N#Cc1cc(-c2nc(Cc3cccc(F)c3)no2)ccn1. The lowest BCUT2D eigenvalue weighted by Crippen LogP contribution is -1.91. The maximum absolute atomic E-state index is 13.1. The highest BCUT2D eigenvalue weighted by Crippen LogP contribution is 2.18. The van der Waals surface area contributed by atoms with E-state index in [0.717, 1.165) is 5.56 Å². The predicted molar refractivity (Wildman–Crippen MR) is 71.5 cm³/mol. The molecule has 102 valence electrons. The molecule has 0 bridgehead atoms. The molecule has 0 aliphatic rings. The molecule has 2 heterocycles. The fourth-order valence-corrected chi connectivity index (χ4v) is 1.90. The second kappa shape index (κ2) is 5.51. The lowest BCUT2D eigenvalue weighted by atomic mass is 10.1. The van der Waals surface area contributed by atoms with Crippen LogP contribution in [0.2, 0.25) is 0 Å². The van der Waals surface area contributed by atoms with Crippen LogP contribution in [0.3, 0.4) is 0 Å². The largest absolute Gasteiger partial charge is 0.334 e. The normalized spacial score (nSPS) is 10.3. The molecule has 0 aliphatic heterocycles. The van der Waals surface area contributed by atoms with Crippen LogP contribution in [-0.2, 0) is 6.42 Å². The second-order valence-corrected chi connectivity index (χ2v) is 4.36. The predicted octanol–water partition coefficient (Wildman–Crippen LogP) is 2.73. The first-order valence-corrected chi connectivity index (χ1v) is 6.18. The Labute approximate surface area is 119 Å². The fourth-order valence-electron chi connectivity index (χ4n) is 1.90. The number of aromatic nitrogens is 3. The van der Waals surface area contributed by atoms with E-state index in [1.165, 1.54) is 18.3 Å². The van der Waals surface area contributed by atoms with Gasteiger partial charge in [0.05, 0.1) is 0 Å². The summed E-state index contributed by atoms with van der Waals surface area (Å²) in [6, 6.07) is 11.4. The third kappa shape index (κ3) is 2.92. The van der Waals surface area contributed by atoms with Crippen molar-refractivity contribution in [3.05, 3.63) is 65.5 Å². The molecule has 0 fully saturated rings. The maximum Gasteiger partial charge on any atom is 0.258 e. The minimum Gasteiger partial charge on any atom is -0.334 e. The van der Waals surface area contributed by atoms with Crippen LogP contribution in [0.15, 0.2) is 47.1 Å². The number of nitriles is 1. The number of hydrogen-bond acceptors (Lipinski definition) is 5. The van der Waals surface area contributed by atoms with Crippen molar-refractivity contribution in [2.75, 3.05) is 0 Å². The molecule has 0 atom stereocenters. The summed E-state index contributed by atoms with van der Waals surface area (Å²) in [6.07, 6.45) is 1.88. The maximum atomic E-state index is 13.1. The van der Waals surface area contributed by atoms with Gasteiger partial charge in [-0.2, -0.15) is 10.2 Å². The molecule has 21 heavy (non-hydrogen) atoms. The first kappa shape index (κ1) is 12.9. The highest BCUT2D eigenvalue weighted by atomic mass is 19.1. The van der Waals surface area contributed by atoms with E-state index < -0.39 is 0 Å². The summed E-state index contributed by atoms with van der Waals surface area (Å²) in [4.78, 5) is 8.12. The van der Waals surface area contributed by atoms with Crippen LogP contribution in [0, 0.1) is 17.1 Å². The zero-order valence-electron chi connectivity index (χ0n) is 10.8. The summed E-state index contributed by atoms with van der Waals surface area (Å²) in [5, 5.41) is 12.7. The Morgan fingerprint density at radius 3 is 2.95 bits per heavy atom. The van der Waals surface area contributed by atoms with Crippen molar-refractivity contribution in [3.8, 4) is 17.5 Å². The van der Waals surface area contributed by atoms with Crippen molar-refractivity contribution in [3.63, 3.8) is 0 Å². The van der Waals surface area contributed by atoms with Gasteiger partial charge in [0.2, 0.25) is 0 Å². The lowest BCUT2D eigenvalue weighted by Gasteiger charge is -1.96. The number of pyridine rings is 1. The lowest BCUT2D eigenvalue weighted by molar-refractivity contribution is 0.424. The van der Waals surface area contributed by atoms with Gasteiger partial charge in [0.1, 0.15) is 17.6 Å². The molecular weight excluding hydrogens is 271 g/mol. The summed E-state index contributed by atoms with van der Waals surface area (Å²) in [7, 11) is 0. The standard InChI is InChI=1S/C15H9FN4O/c16-12-3-1-2-10(6-12)7-14-19-15(21-20-14)11-4-5-18-13(8-11)9-17/h1-6,8H,7H2. The van der Waals surface area contributed by atoms with Crippen molar-refractivity contribution in [1.82, 2.24) is 15.1 Å². The molecule has 5 nitrogen and oxygen atoms in total. The van der Waals surface area contributed by atoms with E-state index in [1.54, 1.807) is 24.3 Å². The molecule has 0 unspecified atom stereocenters. The minimum absolute atomic E-state index is 0.275. The van der Waals surface area contributed by atoms with Gasteiger partial charge in [-0.1, -0.05) is 17.3 Å². The molecule has 0 spiro atoms. The van der Waals surface area contributed by atoms with Crippen LogP contribution >= 0.6 is 0 Å². The molecule has 3 aromatic rings. The van der Waals surface area contributed by atoms with Crippen molar-refractivity contribution in [2.45, 2.75) is 6.42 Å². The third-order valence-corrected chi connectivity index (χ3v) is 2.84.